The van der Waals surface area contributed by atoms with Gasteiger partial charge in [-0.15, -0.1) is 0 Å². The summed E-state index contributed by atoms with van der Waals surface area (Å²) in [6, 6.07) is 11.7. The Morgan fingerprint density at radius 1 is 0.766 bits per heavy atom. The number of aliphatic hydroxyl groups excluding tert-OH is 1. The molecule has 0 aromatic heterocycles. The summed E-state index contributed by atoms with van der Waals surface area (Å²) in [6.07, 6.45) is 2.34. The van der Waals surface area contributed by atoms with Crippen molar-refractivity contribution in [1.29, 1.82) is 0 Å². The largest absolute Gasteiger partial charge is 0.444 e. The summed E-state index contributed by atoms with van der Waals surface area (Å²) in [5.41, 5.74) is 1.35. The fraction of sp³-hybridized carbons (Fsp3) is 0.588. The second-order valence-corrected chi connectivity index (χ2v) is 16.4. The molecule has 2 aliphatic heterocycles. The SMILES string of the molecule is CC(C)(C)OC(=O)N1CCC(O)CC1.CC(C)(C)OC(=O)N1CCC(OCc2ccc(Br)c(Cl)c2)CC1.Clc1cc(CBr)ccc1Br. The highest BCUT2D eigenvalue weighted by atomic mass is 79.9. The second-order valence-electron chi connectivity index (χ2n) is 13.3. The third-order valence-corrected chi connectivity index (χ3v) is 9.93. The Labute approximate surface area is 315 Å². The van der Waals surface area contributed by atoms with Gasteiger partial charge in [-0.25, -0.2) is 9.59 Å². The summed E-state index contributed by atoms with van der Waals surface area (Å²) in [4.78, 5) is 27.0. The van der Waals surface area contributed by atoms with Gasteiger partial charge in [-0.05, 0) is 134 Å². The number of carbonyl (C=O) groups is 2. The fourth-order valence-corrected chi connectivity index (χ4v) is 5.62. The molecule has 0 saturated carbocycles. The van der Waals surface area contributed by atoms with Crippen LogP contribution in [-0.2, 0) is 26.1 Å². The van der Waals surface area contributed by atoms with E-state index in [1.165, 1.54) is 5.56 Å². The number of hydrogen-bond donors (Lipinski definition) is 1. The van der Waals surface area contributed by atoms with Gasteiger partial charge in [-0.2, -0.15) is 0 Å². The monoisotopic (exact) mass is 886 g/mol. The van der Waals surface area contributed by atoms with E-state index in [1.807, 2.05) is 77.9 Å². The molecule has 0 bridgehead atoms. The second kappa shape index (κ2) is 19.9. The minimum absolute atomic E-state index is 0.163. The number of hydrogen-bond acceptors (Lipinski definition) is 6. The van der Waals surface area contributed by atoms with Crippen LogP contribution in [0.4, 0.5) is 9.59 Å². The van der Waals surface area contributed by atoms with Crippen molar-refractivity contribution in [3.63, 3.8) is 0 Å². The number of amides is 2. The van der Waals surface area contributed by atoms with Gasteiger partial charge in [0.15, 0.2) is 0 Å². The summed E-state index contributed by atoms with van der Waals surface area (Å²) in [5.74, 6) is 0. The maximum absolute atomic E-state index is 12.0. The zero-order valence-electron chi connectivity index (χ0n) is 28.0. The predicted molar refractivity (Wildman–Crippen MR) is 200 cm³/mol. The van der Waals surface area contributed by atoms with Crippen molar-refractivity contribution in [2.45, 2.75) is 103 Å². The van der Waals surface area contributed by atoms with E-state index in [4.69, 9.17) is 37.4 Å². The molecule has 2 aromatic carbocycles. The number of halogens is 5. The summed E-state index contributed by atoms with van der Waals surface area (Å²) >= 11 is 21.9. The van der Waals surface area contributed by atoms with Gasteiger partial charge in [-0.3, -0.25) is 0 Å². The lowest BCUT2D eigenvalue weighted by Gasteiger charge is -2.33. The molecule has 4 rings (SSSR count). The standard InChI is InChI=1S/C17H23BrClNO3.C10H19NO3.C7H5Br2Cl/c1-17(2,3)23-16(21)20-8-6-13(7-9-20)22-11-12-4-5-14(18)15(19)10-12;1-10(2,3)14-9(13)11-6-4-8(12)5-7-11;8-4-5-1-2-6(9)7(10)3-5/h4-5,10,13H,6-9,11H2,1-3H3;8,12H,4-7H2,1-3H3;1-3H,4H2. The third kappa shape index (κ3) is 16.9. The van der Waals surface area contributed by atoms with Crippen LogP contribution in [0.3, 0.4) is 0 Å². The molecule has 2 heterocycles. The van der Waals surface area contributed by atoms with Gasteiger partial charge in [0, 0.05) is 40.5 Å². The van der Waals surface area contributed by atoms with Gasteiger partial charge in [0.1, 0.15) is 11.2 Å². The molecule has 0 aliphatic carbocycles. The lowest BCUT2D eigenvalue weighted by molar-refractivity contribution is -0.0170. The van der Waals surface area contributed by atoms with Crippen molar-refractivity contribution in [2.24, 2.45) is 0 Å². The summed E-state index contributed by atoms with van der Waals surface area (Å²) in [6.45, 7) is 14.2. The highest BCUT2D eigenvalue weighted by Crippen LogP contribution is 2.25. The number of benzene rings is 2. The van der Waals surface area contributed by atoms with Crippen molar-refractivity contribution in [1.82, 2.24) is 9.80 Å². The number of piperidine rings is 2. The van der Waals surface area contributed by atoms with Crippen LogP contribution in [-0.4, -0.2) is 76.7 Å². The molecule has 2 amide bonds. The molecule has 8 nitrogen and oxygen atoms in total. The van der Waals surface area contributed by atoms with Crippen LogP contribution < -0.4 is 0 Å². The first kappa shape index (κ1) is 42.1. The molecular formula is C34H47Br3Cl2N2O6. The van der Waals surface area contributed by atoms with Gasteiger partial charge in [0.05, 0.1) is 28.9 Å². The summed E-state index contributed by atoms with van der Waals surface area (Å²) in [5, 5.41) is 11.6. The van der Waals surface area contributed by atoms with Gasteiger partial charge < -0.3 is 29.1 Å². The molecule has 2 fully saturated rings. The van der Waals surface area contributed by atoms with E-state index in [0.717, 1.165) is 37.7 Å². The number of rotatable bonds is 4. The average molecular weight is 890 g/mol. The van der Waals surface area contributed by atoms with E-state index in [2.05, 4.69) is 47.8 Å². The van der Waals surface area contributed by atoms with E-state index >= 15 is 0 Å². The Balaban J connectivity index is 0.000000271. The molecule has 2 saturated heterocycles. The number of nitrogens with zero attached hydrogens (tertiary/aromatic N) is 2. The van der Waals surface area contributed by atoms with Gasteiger partial charge in [-0.1, -0.05) is 51.3 Å². The number of likely N-dealkylation sites (tertiary alicyclic amines) is 2. The minimum Gasteiger partial charge on any atom is -0.444 e. The Hall–Kier alpha value is -1.08. The van der Waals surface area contributed by atoms with Crippen molar-refractivity contribution in [3.8, 4) is 0 Å². The fourth-order valence-electron chi connectivity index (χ4n) is 4.37. The zero-order chi connectivity index (χ0) is 35.4. The lowest BCUT2D eigenvalue weighted by atomic mass is 10.1. The first-order chi connectivity index (χ1) is 21.9. The number of carbonyl (C=O) groups excluding carboxylic acids is 2. The smallest absolute Gasteiger partial charge is 0.410 e. The molecule has 1 N–H and O–H groups in total. The van der Waals surface area contributed by atoms with Gasteiger partial charge >= 0.3 is 12.2 Å². The molecule has 2 aliphatic rings. The first-order valence-corrected chi connectivity index (χ1v) is 19.0. The first-order valence-electron chi connectivity index (χ1n) is 15.6. The van der Waals surface area contributed by atoms with Crippen molar-refractivity contribution in [3.05, 3.63) is 66.5 Å². The number of ether oxygens (including phenoxy) is 3. The van der Waals surface area contributed by atoms with E-state index < -0.39 is 11.2 Å². The Morgan fingerprint density at radius 3 is 1.57 bits per heavy atom. The van der Waals surface area contributed by atoms with Crippen LogP contribution in [0, 0.1) is 0 Å². The summed E-state index contributed by atoms with van der Waals surface area (Å²) < 4.78 is 18.4. The molecule has 0 unspecified atom stereocenters. The Bertz CT molecular complexity index is 1290. The number of aliphatic hydroxyl groups is 1. The molecule has 2 aromatic rings. The molecule has 0 atom stereocenters. The van der Waals surface area contributed by atoms with Crippen LogP contribution in [0.1, 0.15) is 78.4 Å². The topological polar surface area (TPSA) is 88.5 Å². The van der Waals surface area contributed by atoms with Gasteiger partial charge in [0.25, 0.3) is 0 Å². The van der Waals surface area contributed by atoms with Crippen LogP contribution in [0.2, 0.25) is 10.0 Å². The normalized spacial score (nSPS) is 16.0. The van der Waals surface area contributed by atoms with E-state index in [-0.39, 0.29) is 24.4 Å². The molecule has 0 radical (unpaired) electrons. The van der Waals surface area contributed by atoms with Crippen LogP contribution in [0.5, 0.6) is 0 Å². The van der Waals surface area contributed by atoms with E-state index in [1.54, 1.807) is 9.80 Å². The number of alkyl halides is 1. The minimum atomic E-state index is -0.453. The molecular weight excluding hydrogens is 843 g/mol. The molecule has 47 heavy (non-hydrogen) atoms. The lowest BCUT2D eigenvalue weighted by Crippen LogP contribution is -2.43. The Kier molecular flexibility index (Phi) is 17.9. The maximum atomic E-state index is 12.0. The predicted octanol–water partition coefficient (Wildman–Crippen LogP) is 10.4. The van der Waals surface area contributed by atoms with E-state index in [9.17, 15) is 14.7 Å². The van der Waals surface area contributed by atoms with E-state index in [0.29, 0.717) is 50.7 Å². The molecule has 264 valence electrons. The summed E-state index contributed by atoms with van der Waals surface area (Å²) in [7, 11) is 0. The maximum Gasteiger partial charge on any atom is 0.410 e. The van der Waals surface area contributed by atoms with Crippen LogP contribution >= 0.6 is 71.0 Å². The van der Waals surface area contributed by atoms with Crippen molar-refractivity contribution in [2.75, 3.05) is 26.2 Å². The highest BCUT2D eigenvalue weighted by Gasteiger charge is 2.28. The average Bonchev–Trinajstić information content (AvgIpc) is 2.98. The van der Waals surface area contributed by atoms with Crippen LogP contribution in [0.15, 0.2) is 45.3 Å². The quantitative estimate of drug-likeness (QED) is 0.308. The van der Waals surface area contributed by atoms with Crippen molar-refractivity contribution >= 4 is 83.2 Å². The zero-order valence-corrected chi connectivity index (χ0v) is 34.2. The third-order valence-electron chi connectivity index (χ3n) is 6.82. The van der Waals surface area contributed by atoms with Crippen molar-refractivity contribution < 1.29 is 28.9 Å². The molecule has 13 heteroatoms. The highest BCUT2D eigenvalue weighted by molar-refractivity contribution is 9.11. The van der Waals surface area contributed by atoms with Crippen LogP contribution in [0.25, 0.3) is 0 Å². The molecule has 0 spiro atoms. The Morgan fingerprint density at radius 2 is 1.17 bits per heavy atom. The van der Waals surface area contributed by atoms with Gasteiger partial charge in [0.2, 0.25) is 0 Å².